The average Bonchev–Trinajstić information content (AvgIpc) is 3.20. The number of hydrogen-bond acceptors (Lipinski definition) is 5. The molecule has 1 aliphatic heterocycles. The smallest absolute Gasteiger partial charge is 0.228 e. The second-order valence-electron chi connectivity index (χ2n) is 7.43. The van der Waals surface area contributed by atoms with Gasteiger partial charge in [-0.05, 0) is 57.0 Å². The van der Waals surface area contributed by atoms with Gasteiger partial charge in [0, 0.05) is 49.7 Å². The Morgan fingerprint density at radius 2 is 2.03 bits per heavy atom. The van der Waals surface area contributed by atoms with E-state index in [0.717, 1.165) is 31.0 Å². The minimum atomic E-state index is 0.575. The molecule has 29 heavy (non-hydrogen) atoms. The fraction of sp³-hybridized carbons (Fsp3) is 0.571. The first kappa shape index (κ1) is 21.6. The summed E-state index contributed by atoms with van der Waals surface area (Å²) < 4.78 is 5.34. The Kier molecular flexibility index (Phi) is 8.31. The van der Waals surface area contributed by atoms with E-state index in [9.17, 15) is 0 Å². The maximum Gasteiger partial charge on any atom is 0.228 e. The Hall–Kier alpha value is -2.12. The van der Waals surface area contributed by atoms with Crippen molar-refractivity contribution in [3.63, 3.8) is 0 Å². The van der Waals surface area contributed by atoms with E-state index < -0.39 is 0 Å². The Balaban J connectivity index is 1.35. The number of likely N-dealkylation sites (tertiary alicyclic amines) is 1. The second-order valence-corrected chi connectivity index (χ2v) is 7.87. The van der Waals surface area contributed by atoms with Crippen molar-refractivity contribution in [3.05, 3.63) is 35.2 Å². The summed E-state index contributed by atoms with van der Waals surface area (Å²) in [6, 6.07) is 8.11. The lowest BCUT2D eigenvalue weighted by Gasteiger charge is -2.33. The standard InChI is InChI=1S/C21H31ClN6O/c1-16-6-3-4-14-28(16)15-5-12-24-21(23-2)25-13-11-19-26-20(27-29-19)17-7-9-18(22)10-8-17/h7-10,16H,3-6,11-15H2,1-2H3,(H2,23,24,25). The van der Waals surface area contributed by atoms with Gasteiger partial charge in [0.05, 0.1) is 0 Å². The van der Waals surface area contributed by atoms with Crippen LogP contribution >= 0.6 is 11.6 Å². The Bertz CT molecular complexity index is 776. The van der Waals surface area contributed by atoms with Crippen LogP contribution in [0, 0.1) is 0 Å². The average molecular weight is 419 g/mol. The van der Waals surface area contributed by atoms with Crippen LogP contribution in [0.2, 0.25) is 5.02 Å². The number of nitrogens with zero attached hydrogens (tertiary/aromatic N) is 4. The number of nitrogens with one attached hydrogen (secondary N) is 2. The van der Waals surface area contributed by atoms with Crippen molar-refractivity contribution in [2.24, 2.45) is 4.99 Å². The van der Waals surface area contributed by atoms with Gasteiger partial charge in [-0.15, -0.1) is 0 Å². The number of halogens is 1. The molecule has 3 rings (SSSR count). The number of guanidine groups is 1. The van der Waals surface area contributed by atoms with Crippen molar-refractivity contribution in [3.8, 4) is 11.4 Å². The van der Waals surface area contributed by atoms with Crippen LogP contribution < -0.4 is 10.6 Å². The van der Waals surface area contributed by atoms with Gasteiger partial charge in [0.15, 0.2) is 5.96 Å². The number of aromatic nitrogens is 2. The molecule has 2 heterocycles. The number of aliphatic imine (C=N–C) groups is 1. The Labute approximate surface area is 177 Å². The number of rotatable bonds is 8. The highest BCUT2D eigenvalue weighted by Gasteiger charge is 2.17. The van der Waals surface area contributed by atoms with E-state index in [0.29, 0.717) is 35.7 Å². The minimum Gasteiger partial charge on any atom is -0.356 e. The SMILES string of the molecule is CN=C(NCCCN1CCCCC1C)NCCc1nc(-c2ccc(Cl)cc2)no1. The second kappa shape index (κ2) is 11.2. The lowest BCUT2D eigenvalue weighted by atomic mass is 10.0. The first-order chi connectivity index (χ1) is 14.2. The van der Waals surface area contributed by atoms with Crippen molar-refractivity contribution >= 4 is 17.6 Å². The maximum absolute atomic E-state index is 5.92. The topological polar surface area (TPSA) is 78.6 Å². The zero-order valence-electron chi connectivity index (χ0n) is 17.3. The third kappa shape index (κ3) is 6.72. The molecule has 2 aromatic rings. The molecule has 1 unspecified atom stereocenters. The van der Waals surface area contributed by atoms with Gasteiger partial charge in [-0.3, -0.25) is 4.99 Å². The molecule has 0 radical (unpaired) electrons. The van der Waals surface area contributed by atoms with E-state index in [4.69, 9.17) is 16.1 Å². The summed E-state index contributed by atoms with van der Waals surface area (Å²) in [5, 5.41) is 11.4. The molecule has 1 fully saturated rings. The molecular formula is C21H31ClN6O. The summed E-state index contributed by atoms with van der Waals surface area (Å²) in [6.45, 7) is 6.29. The van der Waals surface area contributed by atoms with Crippen LogP contribution in [0.4, 0.5) is 0 Å². The van der Waals surface area contributed by atoms with E-state index in [1.54, 1.807) is 7.05 Å². The summed E-state index contributed by atoms with van der Waals surface area (Å²) in [4.78, 5) is 11.3. The summed E-state index contributed by atoms with van der Waals surface area (Å²) in [7, 11) is 1.79. The molecule has 0 bridgehead atoms. The van der Waals surface area contributed by atoms with Gasteiger partial charge in [-0.2, -0.15) is 4.98 Å². The van der Waals surface area contributed by atoms with Gasteiger partial charge < -0.3 is 20.1 Å². The quantitative estimate of drug-likeness (QED) is 0.389. The van der Waals surface area contributed by atoms with Crippen LogP contribution in [0.15, 0.2) is 33.8 Å². The molecule has 1 aromatic carbocycles. The molecule has 7 nitrogen and oxygen atoms in total. The lowest BCUT2D eigenvalue weighted by Crippen LogP contribution is -2.41. The lowest BCUT2D eigenvalue weighted by molar-refractivity contribution is 0.159. The molecule has 0 aliphatic carbocycles. The molecule has 1 aliphatic rings. The van der Waals surface area contributed by atoms with Gasteiger partial charge in [0.2, 0.25) is 11.7 Å². The molecule has 1 aromatic heterocycles. The first-order valence-electron chi connectivity index (χ1n) is 10.4. The summed E-state index contributed by atoms with van der Waals surface area (Å²) in [5.74, 6) is 1.97. The summed E-state index contributed by atoms with van der Waals surface area (Å²) in [5.41, 5.74) is 0.887. The molecule has 0 amide bonds. The van der Waals surface area contributed by atoms with E-state index in [1.807, 2.05) is 24.3 Å². The molecule has 8 heteroatoms. The minimum absolute atomic E-state index is 0.575. The number of benzene rings is 1. The fourth-order valence-electron chi connectivity index (χ4n) is 3.56. The molecule has 158 valence electrons. The van der Waals surface area contributed by atoms with Crippen molar-refractivity contribution in [1.82, 2.24) is 25.7 Å². The summed E-state index contributed by atoms with van der Waals surface area (Å²) >= 11 is 5.92. The molecular weight excluding hydrogens is 388 g/mol. The van der Waals surface area contributed by atoms with Gasteiger partial charge >= 0.3 is 0 Å². The van der Waals surface area contributed by atoms with Crippen molar-refractivity contribution in [1.29, 1.82) is 0 Å². The van der Waals surface area contributed by atoms with Gasteiger partial charge in [-0.1, -0.05) is 23.2 Å². The van der Waals surface area contributed by atoms with Gasteiger partial charge in [0.25, 0.3) is 0 Å². The maximum atomic E-state index is 5.92. The number of piperidine rings is 1. The highest BCUT2D eigenvalue weighted by molar-refractivity contribution is 6.30. The first-order valence-corrected chi connectivity index (χ1v) is 10.8. The van der Waals surface area contributed by atoms with Gasteiger partial charge in [-0.25, -0.2) is 0 Å². The molecule has 1 atom stereocenters. The van der Waals surface area contributed by atoms with Crippen LogP contribution in [0.3, 0.4) is 0 Å². The van der Waals surface area contributed by atoms with Crippen molar-refractivity contribution < 1.29 is 4.52 Å². The largest absolute Gasteiger partial charge is 0.356 e. The third-order valence-electron chi connectivity index (χ3n) is 5.28. The van der Waals surface area contributed by atoms with Crippen molar-refractivity contribution in [2.45, 2.75) is 45.1 Å². The third-order valence-corrected chi connectivity index (χ3v) is 5.53. The zero-order chi connectivity index (χ0) is 20.5. The van der Waals surface area contributed by atoms with Crippen LogP contribution in [0.5, 0.6) is 0 Å². The molecule has 2 N–H and O–H groups in total. The predicted octanol–water partition coefficient (Wildman–Crippen LogP) is 3.36. The summed E-state index contributed by atoms with van der Waals surface area (Å²) in [6.07, 6.45) is 5.77. The Morgan fingerprint density at radius 1 is 1.24 bits per heavy atom. The van der Waals surface area contributed by atoms with E-state index in [2.05, 4.69) is 37.6 Å². The van der Waals surface area contributed by atoms with E-state index in [1.165, 1.54) is 25.8 Å². The highest BCUT2D eigenvalue weighted by atomic mass is 35.5. The van der Waals surface area contributed by atoms with Crippen LogP contribution in [-0.4, -0.2) is 60.3 Å². The van der Waals surface area contributed by atoms with E-state index >= 15 is 0 Å². The normalized spacial score (nSPS) is 18.0. The molecule has 0 saturated carbocycles. The molecule has 1 saturated heterocycles. The highest BCUT2D eigenvalue weighted by Crippen LogP contribution is 2.18. The molecule has 0 spiro atoms. The van der Waals surface area contributed by atoms with Crippen LogP contribution in [-0.2, 0) is 6.42 Å². The fourth-order valence-corrected chi connectivity index (χ4v) is 3.69. The monoisotopic (exact) mass is 418 g/mol. The van der Waals surface area contributed by atoms with E-state index in [-0.39, 0.29) is 0 Å². The van der Waals surface area contributed by atoms with Crippen LogP contribution in [0.25, 0.3) is 11.4 Å². The number of hydrogen-bond donors (Lipinski definition) is 2. The zero-order valence-corrected chi connectivity index (χ0v) is 18.1. The Morgan fingerprint density at radius 3 is 2.79 bits per heavy atom. The predicted molar refractivity (Wildman–Crippen MR) is 117 cm³/mol. The van der Waals surface area contributed by atoms with Gasteiger partial charge in [0.1, 0.15) is 0 Å². The van der Waals surface area contributed by atoms with Crippen molar-refractivity contribution in [2.75, 3.05) is 33.2 Å². The van der Waals surface area contributed by atoms with Crippen LogP contribution in [0.1, 0.15) is 38.5 Å².